The Balaban J connectivity index is 0.000000383. The van der Waals surface area contributed by atoms with Crippen LogP contribution in [0.1, 0.15) is 75.8 Å². The molecule has 1 aromatic heterocycles. The first-order chi connectivity index (χ1) is 15.5. The summed E-state index contributed by atoms with van der Waals surface area (Å²) >= 11 is 0. The quantitative estimate of drug-likeness (QED) is 0.289. The number of hydrogen-bond donors (Lipinski definition) is 2. The summed E-state index contributed by atoms with van der Waals surface area (Å²) < 4.78 is 0. The largest absolute Gasteiger partial charge is 0.392 e. The predicted molar refractivity (Wildman–Crippen MR) is 145 cm³/mol. The van der Waals surface area contributed by atoms with Crippen molar-refractivity contribution in [3.63, 3.8) is 0 Å². The maximum atomic E-state index is 9.76. The van der Waals surface area contributed by atoms with E-state index in [-0.39, 0.29) is 30.9 Å². The van der Waals surface area contributed by atoms with Crippen LogP contribution in [0.2, 0.25) is 0 Å². The second kappa shape index (κ2) is 12.1. The van der Waals surface area contributed by atoms with E-state index in [1.165, 1.54) is 33.2 Å². The zero-order valence-corrected chi connectivity index (χ0v) is 25.8. The first-order valence-corrected chi connectivity index (χ1v) is 12.3. The molecule has 0 amide bonds. The number of benzene rings is 2. The summed E-state index contributed by atoms with van der Waals surface area (Å²) in [6.07, 6.45) is -0.434. The summed E-state index contributed by atoms with van der Waals surface area (Å²) in [7, 11) is 0. The summed E-state index contributed by atoms with van der Waals surface area (Å²) in [6.45, 7) is 22.6. The van der Waals surface area contributed by atoms with Gasteiger partial charge < -0.3 is 10.2 Å². The number of aliphatic hydroxyl groups is 2. The first-order valence-electron chi connectivity index (χ1n) is 12.3. The molecule has 3 nitrogen and oxygen atoms in total. The molecule has 35 heavy (non-hydrogen) atoms. The van der Waals surface area contributed by atoms with Gasteiger partial charge in [0, 0.05) is 31.9 Å². The van der Waals surface area contributed by atoms with E-state index in [1.54, 1.807) is 0 Å². The van der Waals surface area contributed by atoms with E-state index in [2.05, 4.69) is 65.0 Å². The van der Waals surface area contributed by atoms with Crippen LogP contribution >= 0.6 is 0 Å². The molecule has 0 spiro atoms. The summed E-state index contributed by atoms with van der Waals surface area (Å²) in [5, 5.41) is 20.8. The van der Waals surface area contributed by atoms with Crippen molar-refractivity contribution in [1.82, 2.24) is 4.98 Å². The summed E-state index contributed by atoms with van der Waals surface area (Å²) in [5.74, 6) is 0. The molecule has 1 radical (unpaired) electrons. The van der Waals surface area contributed by atoms with Crippen molar-refractivity contribution in [2.75, 3.05) is 0 Å². The molecule has 2 N–H and O–H groups in total. The SMILES string of the molecule is CC(C)(C)C(O)CC(O)C(C)(C)C.Cc1cc(C)c2cc(C)c(-c3[c-]ccc(C)c3C)nc2c1.[Ir]. The number of rotatable bonds is 3. The summed E-state index contributed by atoms with van der Waals surface area (Å²) in [6, 6.07) is 14.1. The van der Waals surface area contributed by atoms with E-state index in [0.717, 1.165) is 16.8 Å². The molecule has 0 saturated carbocycles. The molecule has 0 aliphatic rings. The molecule has 4 heteroatoms. The fourth-order valence-electron chi connectivity index (χ4n) is 3.83. The van der Waals surface area contributed by atoms with E-state index in [4.69, 9.17) is 4.98 Å². The van der Waals surface area contributed by atoms with Gasteiger partial charge in [-0.25, -0.2) is 0 Å². The van der Waals surface area contributed by atoms with Gasteiger partial charge in [-0.15, -0.1) is 34.9 Å². The Morgan fingerprint density at radius 3 is 1.86 bits per heavy atom. The van der Waals surface area contributed by atoms with Gasteiger partial charge in [-0.1, -0.05) is 73.1 Å². The second-order valence-corrected chi connectivity index (χ2v) is 12.0. The van der Waals surface area contributed by atoms with Crippen LogP contribution in [0.15, 0.2) is 30.3 Å². The molecule has 0 bridgehead atoms. The van der Waals surface area contributed by atoms with Gasteiger partial charge in [0.2, 0.25) is 0 Å². The van der Waals surface area contributed by atoms with Gasteiger partial charge in [0.1, 0.15) is 0 Å². The van der Waals surface area contributed by atoms with Crippen molar-refractivity contribution < 1.29 is 30.3 Å². The molecule has 3 aromatic rings. The zero-order chi connectivity index (χ0) is 26.0. The third-order valence-corrected chi connectivity index (χ3v) is 6.69. The van der Waals surface area contributed by atoms with Gasteiger partial charge in [0.25, 0.3) is 0 Å². The van der Waals surface area contributed by atoms with Crippen LogP contribution in [-0.4, -0.2) is 27.4 Å². The molecule has 0 aliphatic carbocycles. The number of aryl methyl sites for hydroxylation is 4. The fraction of sp³-hybridized carbons (Fsp3) is 0.516. The molecule has 195 valence electrons. The fourth-order valence-corrected chi connectivity index (χ4v) is 3.83. The van der Waals surface area contributed by atoms with Gasteiger partial charge in [0.15, 0.2) is 0 Å². The van der Waals surface area contributed by atoms with Crippen LogP contribution in [-0.2, 0) is 20.1 Å². The van der Waals surface area contributed by atoms with Gasteiger partial charge in [-0.3, -0.25) is 4.98 Å². The molecular formula is C31H44IrNO2-. The summed E-state index contributed by atoms with van der Waals surface area (Å²) in [4.78, 5) is 4.94. The third-order valence-electron chi connectivity index (χ3n) is 6.69. The Labute approximate surface area is 226 Å². The van der Waals surface area contributed by atoms with Crippen LogP contribution in [0.25, 0.3) is 22.2 Å². The minimum absolute atomic E-state index is 0. The predicted octanol–water partition coefficient (Wildman–Crippen LogP) is 7.43. The summed E-state index contributed by atoms with van der Waals surface area (Å²) in [5.41, 5.74) is 9.24. The third kappa shape index (κ3) is 8.22. The first kappa shape index (κ1) is 31.4. The van der Waals surface area contributed by atoms with Gasteiger partial charge in [-0.2, -0.15) is 0 Å². The smallest absolute Gasteiger partial charge is 0.0613 e. The number of pyridine rings is 1. The number of hydrogen-bond acceptors (Lipinski definition) is 3. The molecular weight excluding hydrogens is 611 g/mol. The normalized spacial score (nSPS) is 13.5. The molecule has 0 fully saturated rings. The van der Waals surface area contributed by atoms with E-state index < -0.39 is 12.2 Å². The van der Waals surface area contributed by atoms with Crippen molar-refractivity contribution in [3.05, 3.63) is 64.2 Å². The van der Waals surface area contributed by atoms with Gasteiger partial charge in [-0.05, 0) is 54.5 Å². The average molecular weight is 655 g/mol. The molecule has 0 aliphatic heterocycles. The van der Waals surface area contributed by atoms with Crippen LogP contribution in [0, 0.1) is 51.5 Å². The number of aliphatic hydroxyl groups excluding tert-OH is 2. The molecule has 0 saturated heterocycles. The zero-order valence-electron chi connectivity index (χ0n) is 23.4. The van der Waals surface area contributed by atoms with Gasteiger partial charge in [0.05, 0.1) is 17.7 Å². The minimum atomic E-state index is -0.443. The minimum Gasteiger partial charge on any atom is -0.392 e. The Bertz CT molecular complexity index is 1120. The number of fused-ring (bicyclic) bond motifs is 1. The van der Waals surface area contributed by atoms with Crippen LogP contribution in [0.5, 0.6) is 0 Å². The monoisotopic (exact) mass is 655 g/mol. The second-order valence-electron chi connectivity index (χ2n) is 12.0. The van der Waals surface area contributed by atoms with Crippen molar-refractivity contribution in [3.8, 4) is 11.3 Å². The molecule has 1 heterocycles. The van der Waals surface area contributed by atoms with Crippen molar-refractivity contribution >= 4 is 10.9 Å². The van der Waals surface area contributed by atoms with E-state index >= 15 is 0 Å². The van der Waals surface area contributed by atoms with Crippen molar-refractivity contribution in [1.29, 1.82) is 0 Å². The van der Waals surface area contributed by atoms with Crippen LogP contribution in [0.3, 0.4) is 0 Å². The van der Waals surface area contributed by atoms with Crippen molar-refractivity contribution in [2.45, 2.75) is 94.8 Å². The number of nitrogens with zero attached hydrogens (tertiary/aromatic N) is 1. The van der Waals surface area contributed by atoms with Gasteiger partial charge >= 0.3 is 0 Å². The van der Waals surface area contributed by atoms with E-state index in [0.29, 0.717) is 6.42 Å². The standard InChI is InChI=1S/C20H20N.C11H24O2.Ir/c1-12-9-14(3)18-11-15(4)20(21-19(18)10-12)17-8-6-7-13(2)16(17)5;1-10(2,3)8(12)7-9(13)11(4,5)6;/h6-7,9-11H,1-5H3;8-9,12-13H,7H2,1-6H3;/q-1;;. The molecule has 2 unspecified atom stereocenters. The van der Waals surface area contributed by atoms with Crippen LogP contribution < -0.4 is 0 Å². The molecule has 3 rings (SSSR count). The van der Waals surface area contributed by atoms with Crippen molar-refractivity contribution in [2.24, 2.45) is 10.8 Å². The van der Waals surface area contributed by atoms with Crippen LogP contribution in [0.4, 0.5) is 0 Å². The van der Waals surface area contributed by atoms with E-state index in [1.807, 2.05) is 47.6 Å². The average Bonchev–Trinajstić information content (AvgIpc) is 2.69. The molecule has 2 atom stereocenters. The Kier molecular flexibility index (Phi) is 10.9. The Morgan fingerprint density at radius 2 is 1.34 bits per heavy atom. The Morgan fingerprint density at radius 1 is 0.800 bits per heavy atom. The number of aromatic nitrogens is 1. The maximum Gasteiger partial charge on any atom is 0.0613 e. The van der Waals surface area contributed by atoms with E-state index in [9.17, 15) is 10.2 Å². The maximum absolute atomic E-state index is 9.76. The Hall–Kier alpha value is -1.58. The molecule has 2 aromatic carbocycles. The topological polar surface area (TPSA) is 53.4 Å².